The molecule has 0 N–H and O–H groups in total. The molecule has 1 saturated heterocycles. The minimum atomic E-state index is 0.232. The van der Waals surface area contributed by atoms with Gasteiger partial charge >= 0.3 is 0 Å². The summed E-state index contributed by atoms with van der Waals surface area (Å²) in [5.41, 5.74) is 2.95. The fourth-order valence-electron chi connectivity index (χ4n) is 2.92. The van der Waals surface area contributed by atoms with Crippen LogP contribution in [0.25, 0.3) is 21.3 Å². The Hall–Kier alpha value is -1.97. The van der Waals surface area contributed by atoms with Crippen LogP contribution < -0.4 is 0 Å². The molecular formula is C15H13N4OS. The second kappa shape index (κ2) is 5.10. The molecule has 4 rings (SSSR count). The molecule has 1 aliphatic heterocycles. The predicted molar refractivity (Wildman–Crippen MR) is 80.8 cm³/mol. The molecule has 3 aromatic heterocycles. The van der Waals surface area contributed by atoms with Gasteiger partial charge in [-0.05, 0) is 24.3 Å². The number of rotatable bonds is 2. The zero-order valence-corrected chi connectivity index (χ0v) is 12.1. The number of ether oxygens (including phenoxy) is 1. The highest BCUT2D eigenvalue weighted by Crippen LogP contribution is 2.33. The Morgan fingerprint density at radius 2 is 2.43 bits per heavy atom. The molecule has 6 heteroatoms. The number of fused-ring (bicyclic) bond motifs is 3. The number of thiophene rings is 1. The molecule has 1 radical (unpaired) electrons. The first-order valence-corrected chi connectivity index (χ1v) is 7.79. The molecular weight excluding hydrogens is 284 g/mol. The van der Waals surface area contributed by atoms with E-state index < -0.39 is 0 Å². The molecule has 0 saturated carbocycles. The van der Waals surface area contributed by atoms with Gasteiger partial charge in [0.25, 0.3) is 0 Å². The molecule has 1 fully saturated rings. The second-order valence-corrected chi connectivity index (χ2v) is 6.01. The van der Waals surface area contributed by atoms with E-state index in [9.17, 15) is 0 Å². The van der Waals surface area contributed by atoms with Gasteiger partial charge in [-0.1, -0.05) is 0 Å². The molecule has 1 atom stereocenters. The van der Waals surface area contributed by atoms with Gasteiger partial charge < -0.3 is 9.30 Å². The van der Waals surface area contributed by atoms with E-state index in [1.165, 1.54) is 0 Å². The van der Waals surface area contributed by atoms with Crippen molar-refractivity contribution in [2.24, 2.45) is 0 Å². The van der Waals surface area contributed by atoms with Gasteiger partial charge in [0.2, 0.25) is 0 Å². The molecule has 4 heterocycles. The number of hydrogen-bond donors (Lipinski definition) is 0. The lowest BCUT2D eigenvalue weighted by molar-refractivity contribution is 0.110. The van der Waals surface area contributed by atoms with E-state index in [2.05, 4.69) is 20.6 Å². The SMILES string of the molecule is N#CCc1nc2cnc3ccsc3c2n1[C@H]1CC[CH]OC1. The van der Waals surface area contributed by atoms with E-state index in [1.54, 1.807) is 17.5 Å². The third kappa shape index (κ3) is 2.01. The van der Waals surface area contributed by atoms with Gasteiger partial charge in [-0.25, -0.2) is 4.98 Å². The smallest absolute Gasteiger partial charge is 0.124 e. The zero-order chi connectivity index (χ0) is 14.2. The minimum absolute atomic E-state index is 0.232. The van der Waals surface area contributed by atoms with E-state index in [1.807, 2.05) is 18.1 Å². The Balaban J connectivity index is 2.00. The first-order valence-electron chi connectivity index (χ1n) is 6.91. The molecule has 0 unspecified atom stereocenters. The molecule has 0 amide bonds. The second-order valence-electron chi connectivity index (χ2n) is 5.09. The molecule has 21 heavy (non-hydrogen) atoms. The fourth-order valence-corrected chi connectivity index (χ4v) is 3.81. The van der Waals surface area contributed by atoms with Crippen LogP contribution in [-0.2, 0) is 11.2 Å². The van der Waals surface area contributed by atoms with Crippen molar-refractivity contribution in [2.75, 3.05) is 6.61 Å². The Labute approximate surface area is 125 Å². The van der Waals surface area contributed by atoms with Gasteiger partial charge in [0.1, 0.15) is 11.3 Å². The lowest BCUT2D eigenvalue weighted by atomic mass is 10.1. The standard InChI is InChI=1S/C15H13N4OS/c16-5-3-13-18-12-8-17-11-4-7-21-15(11)14(12)19(13)10-2-1-6-20-9-10/h4,6-8,10H,1-3,9H2/t10-/m0/s1. The number of pyridine rings is 1. The molecule has 0 spiro atoms. The largest absolute Gasteiger partial charge is 0.373 e. The molecule has 5 nitrogen and oxygen atoms in total. The average molecular weight is 297 g/mol. The van der Waals surface area contributed by atoms with Crippen LogP contribution in [0.1, 0.15) is 24.7 Å². The van der Waals surface area contributed by atoms with Crippen molar-refractivity contribution in [2.45, 2.75) is 25.3 Å². The van der Waals surface area contributed by atoms with Crippen molar-refractivity contribution in [3.63, 3.8) is 0 Å². The normalized spacial score (nSPS) is 19.1. The average Bonchev–Trinajstić information content (AvgIpc) is 3.11. The van der Waals surface area contributed by atoms with Gasteiger partial charge in [-0.2, -0.15) is 5.26 Å². The van der Waals surface area contributed by atoms with Gasteiger partial charge in [0.05, 0.1) is 53.7 Å². The summed E-state index contributed by atoms with van der Waals surface area (Å²) >= 11 is 1.67. The quantitative estimate of drug-likeness (QED) is 0.728. The minimum Gasteiger partial charge on any atom is -0.373 e. The lowest BCUT2D eigenvalue weighted by Gasteiger charge is -2.25. The van der Waals surface area contributed by atoms with E-state index in [0.29, 0.717) is 13.0 Å². The monoisotopic (exact) mass is 297 g/mol. The first kappa shape index (κ1) is 12.7. The molecule has 3 aromatic rings. The molecule has 1 aliphatic rings. The summed E-state index contributed by atoms with van der Waals surface area (Å²) in [6, 6.07) is 4.47. The highest BCUT2D eigenvalue weighted by molar-refractivity contribution is 7.18. The summed E-state index contributed by atoms with van der Waals surface area (Å²) in [6.07, 6.45) is 4.05. The van der Waals surface area contributed by atoms with Crippen LogP contribution >= 0.6 is 11.3 Å². The van der Waals surface area contributed by atoms with Crippen LogP contribution in [0.15, 0.2) is 17.6 Å². The summed E-state index contributed by atoms with van der Waals surface area (Å²) in [4.78, 5) is 9.07. The Bertz CT molecular complexity index is 838. The number of imidazole rings is 1. The number of hydrogen-bond acceptors (Lipinski definition) is 5. The van der Waals surface area contributed by atoms with Crippen molar-refractivity contribution in [3.8, 4) is 6.07 Å². The first-order chi connectivity index (χ1) is 10.4. The highest BCUT2D eigenvalue weighted by Gasteiger charge is 2.23. The van der Waals surface area contributed by atoms with Crippen molar-refractivity contribution >= 4 is 32.6 Å². The number of nitriles is 1. The van der Waals surface area contributed by atoms with E-state index >= 15 is 0 Å². The maximum atomic E-state index is 9.09. The summed E-state index contributed by atoms with van der Waals surface area (Å²) in [6.45, 7) is 2.50. The van der Waals surface area contributed by atoms with Gasteiger partial charge in [0, 0.05) is 0 Å². The Morgan fingerprint density at radius 1 is 1.48 bits per heavy atom. The van der Waals surface area contributed by atoms with Crippen molar-refractivity contribution in [1.29, 1.82) is 5.26 Å². The topological polar surface area (TPSA) is 63.7 Å². The summed E-state index contributed by atoms with van der Waals surface area (Å²) in [7, 11) is 0. The van der Waals surface area contributed by atoms with Crippen molar-refractivity contribution in [1.82, 2.24) is 14.5 Å². The molecule has 105 valence electrons. The molecule has 0 aromatic carbocycles. The lowest BCUT2D eigenvalue weighted by Crippen LogP contribution is -2.21. The molecule has 0 aliphatic carbocycles. The molecule has 0 bridgehead atoms. The van der Waals surface area contributed by atoms with E-state index in [4.69, 9.17) is 10.00 Å². The van der Waals surface area contributed by atoms with E-state index in [-0.39, 0.29) is 6.04 Å². The highest BCUT2D eigenvalue weighted by atomic mass is 32.1. The van der Waals surface area contributed by atoms with Crippen LogP contribution in [0, 0.1) is 17.9 Å². The summed E-state index contributed by atoms with van der Waals surface area (Å²) < 4.78 is 8.85. The Kier molecular flexibility index (Phi) is 3.09. The van der Waals surface area contributed by atoms with Gasteiger partial charge in [-0.3, -0.25) is 4.98 Å². The summed E-state index contributed by atoms with van der Waals surface area (Å²) in [5, 5.41) is 11.1. The van der Waals surface area contributed by atoms with Crippen molar-refractivity contribution < 1.29 is 4.74 Å². The van der Waals surface area contributed by atoms with Crippen LogP contribution in [0.2, 0.25) is 0 Å². The van der Waals surface area contributed by atoms with Crippen LogP contribution in [0.4, 0.5) is 0 Å². The number of nitrogens with zero attached hydrogens (tertiary/aromatic N) is 4. The van der Waals surface area contributed by atoms with Crippen LogP contribution in [0.3, 0.4) is 0 Å². The maximum absolute atomic E-state index is 9.09. The van der Waals surface area contributed by atoms with Crippen LogP contribution in [0.5, 0.6) is 0 Å². The third-order valence-corrected chi connectivity index (χ3v) is 4.73. The number of aromatic nitrogens is 3. The fraction of sp³-hybridized carbons (Fsp3) is 0.333. The Morgan fingerprint density at radius 3 is 3.24 bits per heavy atom. The maximum Gasteiger partial charge on any atom is 0.124 e. The zero-order valence-electron chi connectivity index (χ0n) is 11.3. The van der Waals surface area contributed by atoms with Crippen LogP contribution in [-0.4, -0.2) is 21.1 Å². The predicted octanol–water partition coefficient (Wildman–Crippen LogP) is 3.23. The van der Waals surface area contributed by atoms with Crippen molar-refractivity contribution in [3.05, 3.63) is 30.1 Å². The van der Waals surface area contributed by atoms with Gasteiger partial charge in [-0.15, -0.1) is 11.3 Å². The van der Waals surface area contributed by atoms with Gasteiger partial charge in [0.15, 0.2) is 0 Å². The summed E-state index contributed by atoms with van der Waals surface area (Å²) in [5.74, 6) is 0.811. The third-order valence-electron chi connectivity index (χ3n) is 3.82. The van der Waals surface area contributed by atoms with E-state index in [0.717, 1.165) is 39.9 Å².